The fourth-order valence-corrected chi connectivity index (χ4v) is 4.18. The molecule has 3 amide bonds. The number of imide groups is 1. The average Bonchev–Trinajstić information content (AvgIpc) is 2.82. The molecule has 6 nitrogen and oxygen atoms in total. The van der Waals surface area contributed by atoms with E-state index in [-0.39, 0.29) is 23.1 Å². The lowest BCUT2D eigenvalue weighted by Crippen LogP contribution is -2.42. The summed E-state index contributed by atoms with van der Waals surface area (Å²) in [5.74, 6) is -0.677. The van der Waals surface area contributed by atoms with Crippen molar-refractivity contribution in [1.82, 2.24) is 9.80 Å². The molecule has 26 heavy (non-hydrogen) atoms. The second kappa shape index (κ2) is 8.26. The van der Waals surface area contributed by atoms with E-state index in [9.17, 15) is 19.5 Å². The summed E-state index contributed by atoms with van der Waals surface area (Å²) < 4.78 is 0.747. The van der Waals surface area contributed by atoms with E-state index in [1.165, 1.54) is 12.1 Å². The van der Waals surface area contributed by atoms with Crippen LogP contribution in [-0.4, -0.2) is 51.6 Å². The molecule has 2 heterocycles. The number of phenolic OH excluding ortho intramolecular Hbond substituents is 1. The first-order valence-corrected chi connectivity index (χ1v) is 10.1. The molecule has 3 rings (SSSR count). The molecule has 0 unspecified atom stereocenters. The molecular formula is C18H19BrN2O4S. The molecule has 2 aliphatic rings. The van der Waals surface area contributed by atoms with Gasteiger partial charge in [-0.3, -0.25) is 19.3 Å². The van der Waals surface area contributed by atoms with Crippen molar-refractivity contribution >= 4 is 50.8 Å². The van der Waals surface area contributed by atoms with Gasteiger partial charge in [0.25, 0.3) is 11.1 Å². The third-order valence-electron chi connectivity index (χ3n) is 4.40. The normalized spacial score (nSPS) is 20.0. The first-order valence-electron chi connectivity index (χ1n) is 8.47. The first kappa shape index (κ1) is 19.0. The molecule has 0 bridgehead atoms. The molecule has 138 valence electrons. The number of phenols is 1. The summed E-state index contributed by atoms with van der Waals surface area (Å²) in [6.07, 6.45) is 5.58. The number of benzene rings is 1. The summed E-state index contributed by atoms with van der Waals surface area (Å²) >= 11 is 4.09. The summed E-state index contributed by atoms with van der Waals surface area (Å²) in [4.78, 5) is 40.2. The van der Waals surface area contributed by atoms with Crippen molar-refractivity contribution in [2.45, 2.75) is 25.7 Å². The van der Waals surface area contributed by atoms with Crippen LogP contribution in [0, 0.1) is 0 Å². The van der Waals surface area contributed by atoms with Gasteiger partial charge in [-0.15, -0.1) is 0 Å². The Morgan fingerprint density at radius 1 is 1.19 bits per heavy atom. The molecule has 1 aromatic rings. The molecule has 2 saturated heterocycles. The van der Waals surface area contributed by atoms with Crippen molar-refractivity contribution in [3.63, 3.8) is 0 Å². The number of thioether (sulfide) groups is 1. The maximum absolute atomic E-state index is 12.6. The van der Waals surface area contributed by atoms with Crippen molar-refractivity contribution in [1.29, 1.82) is 0 Å². The number of halogens is 1. The quantitative estimate of drug-likeness (QED) is 0.729. The van der Waals surface area contributed by atoms with Crippen LogP contribution in [0.2, 0.25) is 0 Å². The number of carbonyl (C=O) groups excluding carboxylic acids is 3. The molecule has 2 fully saturated rings. The Hall–Kier alpha value is -1.80. The van der Waals surface area contributed by atoms with Gasteiger partial charge in [-0.1, -0.05) is 28.8 Å². The van der Waals surface area contributed by atoms with E-state index in [1.54, 1.807) is 17.0 Å². The maximum atomic E-state index is 12.6. The SMILES string of the molecule is O=C(CN1C(=O)S/C(=C\c2cc(Br)ccc2O)C1=O)N1CCCCCC1. The van der Waals surface area contributed by atoms with Crippen LogP contribution in [0.1, 0.15) is 31.2 Å². The molecular weight excluding hydrogens is 420 g/mol. The second-order valence-electron chi connectivity index (χ2n) is 6.27. The number of aromatic hydroxyl groups is 1. The van der Waals surface area contributed by atoms with Crippen LogP contribution in [-0.2, 0) is 9.59 Å². The van der Waals surface area contributed by atoms with Crippen LogP contribution < -0.4 is 0 Å². The summed E-state index contributed by atoms with van der Waals surface area (Å²) in [7, 11) is 0. The van der Waals surface area contributed by atoms with E-state index >= 15 is 0 Å². The summed E-state index contributed by atoms with van der Waals surface area (Å²) in [5.41, 5.74) is 0.434. The molecule has 0 aromatic heterocycles. The van der Waals surface area contributed by atoms with E-state index in [0.29, 0.717) is 18.7 Å². The van der Waals surface area contributed by atoms with E-state index in [1.807, 2.05) is 0 Å². The van der Waals surface area contributed by atoms with Crippen LogP contribution in [0.5, 0.6) is 5.75 Å². The first-order chi connectivity index (χ1) is 12.5. The molecule has 0 spiro atoms. The number of hydrogen-bond acceptors (Lipinski definition) is 5. The molecule has 0 radical (unpaired) electrons. The minimum absolute atomic E-state index is 0.0145. The fraction of sp³-hybridized carbons (Fsp3) is 0.389. The fourth-order valence-electron chi connectivity index (χ4n) is 2.97. The van der Waals surface area contributed by atoms with E-state index < -0.39 is 11.1 Å². The van der Waals surface area contributed by atoms with Gasteiger partial charge in [0, 0.05) is 23.1 Å². The molecule has 0 atom stereocenters. The number of amides is 3. The third-order valence-corrected chi connectivity index (χ3v) is 5.80. The van der Waals surface area contributed by atoms with Gasteiger partial charge in [0.1, 0.15) is 12.3 Å². The van der Waals surface area contributed by atoms with Crippen LogP contribution >= 0.6 is 27.7 Å². The van der Waals surface area contributed by atoms with Gasteiger partial charge in [-0.05, 0) is 48.9 Å². The van der Waals surface area contributed by atoms with Crippen LogP contribution in [0.4, 0.5) is 4.79 Å². The zero-order valence-electron chi connectivity index (χ0n) is 14.1. The molecule has 0 saturated carbocycles. The lowest BCUT2D eigenvalue weighted by molar-refractivity contribution is -0.135. The highest BCUT2D eigenvalue weighted by Crippen LogP contribution is 2.34. The van der Waals surface area contributed by atoms with Gasteiger partial charge in [0.2, 0.25) is 5.91 Å². The van der Waals surface area contributed by atoms with Gasteiger partial charge in [-0.2, -0.15) is 0 Å². The summed E-state index contributed by atoms with van der Waals surface area (Å²) in [6.45, 7) is 1.13. The second-order valence-corrected chi connectivity index (χ2v) is 8.17. The zero-order valence-corrected chi connectivity index (χ0v) is 16.5. The number of likely N-dealkylation sites (tertiary alicyclic amines) is 1. The smallest absolute Gasteiger partial charge is 0.294 e. The summed E-state index contributed by atoms with van der Waals surface area (Å²) in [6, 6.07) is 4.84. The molecule has 0 aliphatic carbocycles. The van der Waals surface area contributed by atoms with Crippen LogP contribution in [0.25, 0.3) is 6.08 Å². The van der Waals surface area contributed by atoms with E-state index in [4.69, 9.17) is 0 Å². The van der Waals surface area contributed by atoms with Gasteiger partial charge in [0.05, 0.1) is 4.91 Å². The highest BCUT2D eigenvalue weighted by atomic mass is 79.9. The van der Waals surface area contributed by atoms with Crippen molar-refractivity contribution in [3.05, 3.63) is 33.1 Å². The third kappa shape index (κ3) is 4.29. The Morgan fingerprint density at radius 2 is 1.88 bits per heavy atom. The van der Waals surface area contributed by atoms with Gasteiger partial charge >= 0.3 is 0 Å². The summed E-state index contributed by atoms with van der Waals surface area (Å²) in [5, 5.41) is 9.45. The average molecular weight is 439 g/mol. The predicted octanol–water partition coefficient (Wildman–Crippen LogP) is 3.59. The molecule has 1 aromatic carbocycles. The van der Waals surface area contributed by atoms with E-state index in [0.717, 1.165) is 46.8 Å². The predicted molar refractivity (Wildman–Crippen MR) is 104 cm³/mol. The van der Waals surface area contributed by atoms with Crippen molar-refractivity contribution in [2.24, 2.45) is 0 Å². The Labute approximate surface area is 164 Å². The van der Waals surface area contributed by atoms with Gasteiger partial charge < -0.3 is 10.0 Å². The number of carbonyl (C=O) groups is 3. The molecule has 8 heteroatoms. The minimum atomic E-state index is -0.498. The Kier molecular flexibility index (Phi) is 6.03. The van der Waals surface area contributed by atoms with Crippen molar-refractivity contribution in [2.75, 3.05) is 19.6 Å². The Morgan fingerprint density at radius 3 is 2.58 bits per heavy atom. The van der Waals surface area contributed by atoms with Crippen molar-refractivity contribution < 1.29 is 19.5 Å². The van der Waals surface area contributed by atoms with E-state index in [2.05, 4.69) is 15.9 Å². The highest BCUT2D eigenvalue weighted by molar-refractivity contribution is 9.10. The Balaban J connectivity index is 1.73. The van der Waals surface area contributed by atoms with Gasteiger partial charge in [0.15, 0.2) is 0 Å². The standard InChI is InChI=1S/C18H19BrN2O4S/c19-13-5-6-14(22)12(9-13)10-15-17(24)21(18(25)26-15)11-16(23)20-7-3-1-2-4-8-20/h5-6,9-10,22H,1-4,7-8,11H2/b15-10-. The number of nitrogens with zero attached hydrogens (tertiary/aromatic N) is 2. The number of hydrogen-bond donors (Lipinski definition) is 1. The topological polar surface area (TPSA) is 77.9 Å². The monoisotopic (exact) mass is 438 g/mol. The lowest BCUT2D eigenvalue weighted by Gasteiger charge is -2.22. The van der Waals surface area contributed by atoms with Crippen LogP contribution in [0.15, 0.2) is 27.6 Å². The lowest BCUT2D eigenvalue weighted by atomic mass is 10.2. The van der Waals surface area contributed by atoms with Gasteiger partial charge in [-0.25, -0.2) is 0 Å². The Bertz CT molecular complexity index is 772. The van der Waals surface area contributed by atoms with Crippen molar-refractivity contribution in [3.8, 4) is 5.75 Å². The zero-order chi connectivity index (χ0) is 18.7. The molecule has 2 aliphatic heterocycles. The number of rotatable bonds is 3. The highest BCUT2D eigenvalue weighted by Gasteiger charge is 2.37. The minimum Gasteiger partial charge on any atom is -0.507 e. The molecule has 1 N–H and O–H groups in total. The maximum Gasteiger partial charge on any atom is 0.294 e. The largest absolute Gasteiger partial charge is 0.507 e. The van der Waals surface area contributed by atoms with Crippen LogP contribution in [0.3, 0.4) is 0 Å².